The van der Waals surface area contributed by atoms with Crippen LogP contribution in [0.25, 0.3) is 0 Å². The van der Waals surface area contributed by atoms with Crippen molar-refractivity contribution in [3.63, 3.8) is 0 Å². The molecule has 1 atom stereocenters. The molecule has 3 aromatic carbocycles. The van der Waals surface area contributed by atoms with E-state index < -0.39 is 6.04 Å². The van der Waals surface area contributed by atoms with Gasteiger partial charge < -0.3 is 10.6 Å². The maximum Gasteiger partial charge on any atom is 0.251 e. The molecule has 0 radical (unpaired) electrons. The highest BCUT2D eigenvalue weighted by molar-refractivity contribution is 5.97. The fraction of sp³-hybridized carbons (Fsp3) is 0.259. The fourth-order valence-corrected chi connectivity index (χ4v) is 3.33. The molecule has 160 valence electrons. The zero-order chi connectivity index (χ0) is 22.3. The summed E-state index contributed by atoms with van der Waals surface area (Å²) < 4.78 is 0. The van der Waals surface area contributed by atoms with Gasteiger partial charge in [-0.05, 0) is 34.2 Å². The van der Waals surface area contributed by atoms with Crippen molar-refractivity contribution in [3.8, 4) is 0 Å². The van der Waals surface area contributed by atoms with Gasteiger partial charge in [-0.2, -0.15) is 0 Å². The van der Waals surface area contributed by atoms with E-state index >= 15 is 0 Å². The molecular formula is C27H30N2O2. The quantitative estimate of drug-likeness (QED) is 0.592. The lowest BCUT2D eigenvalue weighted by molar-refractivity contribution is -0.123. The van der Waals surface area contributed by atoms with Gasteiger partial charge in [0.15, 0.2) is 0 Å². The zero-order valence-electron chi connectivity index (χ0n) is 18.4. The number of amides is 2. The van der Waals surface area contributed by atoms with Crippen LogP contribution in [0.1, 0.15) is 47.8 Å². The smallest absolute Gasteiger partial charge is 0.251 e. The number of nitrogens with one attached hydrogen (secondary N) is 2. The summed E-state index contributed by atoms with van der Waals surface area (Å²) in [6, 6.07) is 26.4. The van der Waals surface area contributed by atoms with Crippen LogP contribution in [0.5, 0.6) is 0 Å². The molecule has 2 N–H and O–H groups in total. The predicted molar refractivity (Wildman–Crippen MR) is 125 cm³/mol. The number of hydrogen-bond donors (Lipinski definition) is 2. The van der Waals surface area contributed by atoms with Gasteiger partial charge in [-0.3, -0.25) is 9.59 Å². The van der Waals surface area contributed by atoms with Gasteiger partial charge in [0, 0.05) is 18.5 Å². The Balaban J connectivity index is 1.72. The second-order valence-corrected chi connectivity index (χ2v) is 8.75. The van der Waals surface area contributed by atoms with Crippen LogP contribution >= 0.6 is 0 Å². The van der Waals surface area contributed by atoms with E-state index in [0.717, 1.165) is 16.7 Å². The van der Waals surface area contributed by atoms with Crippen LogP contribution in [0.3, 0.4) is 0 Å². The predicted octanol–water partition coefficient (Wildman–Crippen LogP) is 4.64. The van der Waals surface area contributed by atoms with Gasteiger partial charge in [0.05, 0.1) is 0 Å². The Morgan fingerprint density at radius 3 is 1.87 bits per heavy atom. The minimum Gasteiger partial charge on any atom is -0.350 e. The van der Waals surface area contributed by atoms with Crippen molar-refractivity contribution in [2.24, 2.45) is 0 Å². The van der Waals surface area contributed by atoms with Gasteiger partial charge in [0.25, 0.3) is 5.91 Å². The molecule has 3 aromatic rings. The summed E-state index contributed by atoms with van der Waals surface area (Å²) in [6.45, 7) is 6.82. The molecule has 0 heterocycles. The van der Waals surface area contributed by atoms with Gasteiger partial charge >= 0.3 is 0 Å². The Labute approximate surface area is 184 Å². The summed E-state index contributed by atoms with van der Waals surface area (Å²) in [6.07, 6.45) is 0.424. The van der Waals surface area contributed by atoms with Crippen LogP contribution in [0.2, 0.25) is 0 Å². The van der Waals surface area contributed by atoms with Crippen molar-refractivity contribution in [2.75, 3.05) is 0 Å². The van der Waals surface area contributed by atoms with Crippen LogP contribution in [-0.2, 0) is 23.2 Å². The van der Waals surface area contributed by atoms with E-state index in [-0.39, 0.29) is 17.2 Å². The Kier molecular flexibility index (Phi) is 7.24. The molecule has 1 unspecified atom stereocenters. The van der Waals surface area contributed by atoms with Gasteiger partial charge in [-0.1, -0.05) is 93.6 Å². The van der Waals surface area contributed by atoms with Crippen molar-refractivity contribution in [3.05, 3.63) is 107 Å². The lowest BCUT2D eigenvalue weighted by Crippen LogP contribution is -2.47. The van der Waals surface area contributed by atoms with Crippen molar-refractivity contribution in [1.29, 1.82) is 0 Å². The molecule has 2 amide bonds. The minimum absolute atomic E-state index is 0.0160. The highest BCUT2D eigenvalue weighted by Crippen LogP contribution is 2.22. The van der Waals surface area contributed by atoms with Gasteiger partial charge in [0.1, 0.15) is 6.04 Å². The molecule has 4 nitrogen and oxygen atoms in total. The molecule has 0 fully saturated rings. The van der Waals surface area contributed by atoms with E-state index in [2.05, 4.69) is 31.4 Å². The molecular weight excluding hydrogens is 384 g/mol. The van der Waals surface area contributed by atoms with Crippen molar-refractivity contribution < 1.29 is 9.59 Å². The molecule has 0 aliphatic rings. The molecule has 4 heteroatoms. The van der Waals surface area contributed by atoms with Crippen molar-refractivity contribution in [1.82, 2.24) is 10.6 Å². The Morgan fingerprint density at radius 2 is 1.32 bits per heavy atom. The molecule has 0 aliphatic carbocycles. The SMILES string of the molecule is CC(C)(C)c1ccc(C(=O)NC(Cc2ccccc2)C(=O)NCc2ccccc2)cc1. The van der Waals surface area contributed by atoms with E-state index in [0.29, 0.717) is 18.5 Å². The average Bonchev–Trinajstić information content (AvgIpc) is 2.78. The highest BCUT2D eigenvalue weighted by atomic mass is 16.2. The van der Waals surface area contributed by atoms with Crippen molar-refractivity contribution >= 4 is 11.8 Å². The Hall–Kier alpha value is -3.40. The van der Waals surface area contributed by atoms with E-state index in [1.807, 2.05) is 84.9 Å². The van der Waals surface area contributed by atoms with E-state index in [1.165, 1.54) is 0 Å². The average molecular weight is 415 g/mol. The summed E-state index contributed by atoms with van der Waals surface area (Å²) >= 11 is 0. The molecule has 31 heavy (non-hydrogen) atoms. The van der Waals surface area contributed by atoms with Gasteiger partial charge in [0.2, 0.25) is 5.91 Å². The van der Waals surface area contributed by atoms with Gasteiger partial charge in [-0.15, -0.1) is 0 Å². The number of hydrogen-bond acceptors (Lipinski definition) is 2. The van der Waals surface area contributed by atoms with E-state index in [1.54, 1.807) is 0 Å². The third-order valence-electron chi connectivity index (χ3n) is 5.23. The van der Waals surface area contributed by atoms with Gasteiger partial charge in [-0.25, -0.2) is 0 Å². The topological polar surface area (TPSA) is 58.2 Å². The molecule has 0 spiro atoms. The number of benzene rings is 3. The maximum absolute atomic E-state index is 12.9. The first-order valence-electron chi connectivity index (χ1n) is 10.6. The lowest BCUT2D eigenvalue weighted by Gasteiger charge is -2.20. The standard InChI is InChI=1S/C27H30N2O2/c1-27(2,3)23-16-14-22(15-17-23)25(30)29-24(18-20-10-6-4-7-11-20)26(31)28-19-21-12-8-5-9-13-21/h4-17,24H,18-19H2,1-3H3,(H,28,31)(H,29,30). The van der Waals surface area contributed by atoms with Crippen molar-refractivity contribution in [2.45, 2.75) is 45.2 Å². The molecule has 3 rings (SSSR count). The second-order valence-electron chi connectivity index (χ2n) is 8.75. The van der Waals surface area contributed by atoms with Crippen LogP contribution in [0, 0.1) is 0 Å². The van der Waals surface area contributed by atoms with E-state index in [9.17, 15) is 9.59 Å². The summed E-state index contributed by atoms with van der Waals surface area (Å²) in [5.74, 6) is -0.455. The van der Waals surface area contributed by atoms with E-state index in [4.69, 9.17) is 0 Å². The molecule has 0 bridgehead atoms. The Bertz CT molecular complexity index is 991. The third-order valence-corrected chi connectivity index (χ3v) is 5.23. The molecule has 0 saturated carbocycles. The number of carbonyl (C=O) groups excluding carboxylic acids is 2. The molecule has 0 saturated heterocycles. The minimum atomic E-state index is -0.666. The van der Waals surface area contributed by atoms with Crippen LogP contribution in [0.15, 0.2) is 84.9 Å². The first-order chi connectivity index (χ1) is 14.8. The first-order valence-corrected chi connectivity index (χ1v) is 10.6. The highest BCUT2D eigenvalue weighted by Gasteiger charge is 2.22. The van der Waals surface area contributed by atoms with Crippen LogP contribution < -0.4 is 10.6 Å². The Morgan fingerprint density at radius 1 is 0.774 bits per heavy atom. The largest absolute Gasteiger partial charge is 0.350 e. The van der Waals surface area contributed by atoms with Crippen LogP contribution in [0.4, 0.5) is 0 Å². The summed E-state index contributed by atoms with van der Waals surface area (Å²) in [4.78, 5) is 25.8. The normalized spacial score (nSPS) is 12.1. The first kappa shape index (κ1) is 22.3. The summed E-state index contributed by atoms with van der Waals surface area (Å²) in [5.41, 5.74) is 3.72. The lowest BCUT2D eigenvalue weighted by atomic mass is 9.86. The third kappa shape index (κ3) is 6.54. The maximum atomic E-state index is 12.9. The molecule has 0 aromatic heterocycles. The number of carbonyl (C=O) groups is 2. The second kappa shape index (κ2) is 10.1. The zero-order valence-corrected chi connectivity index (χ0v) is 18.4. The number of rotatable bonds is 7. The monoisotopic (exact) mass is 414 g/mol. The fourth-order valence-electron chi connectivity index (χ4n) is 3.33. The molecule has 0 aliphatic heterocycles. The summed E-state index contributed by atoms with van der Waals surface area (Å²) in [5, 5.41) is 5.88. The van der Waals surface area contributed by atoms with Crippen LogP contribution in [-0.4, -0.2) is 17.9 Å². The summed E-state index contributed by atoms with van der Waals surface area (Å²) in [7, 11) is 0.